The molecule has 2 rings (SSSR count). The first-order chi connectivity index (χ1) is 12.2. The van der Waals surface area contributed by atoms with Gasteiger partial charge in [0, 0.05) is 0 Å². The van der Waals surface area contributed by atoms with Gasteiger partial charge in [-0.05, 0) is 66.5 Å². The van der Waals surface area contributed by atoms with Crippen LogP contribution in [0, 0.1) is 0 Å². The topological polar surface area (TPSA) is 0 Å². The predicted octanol–water partition coefficient (Wildman–Crippen LogP) is 8.06. The van der Waals surface area contributed by atoms with Gasteiger partial charge in [-0.2, -0.15) is 0 Å². The Balaban J connectivity index is 2.02. The minimum absolute atomic E-state index is 0.668. The van der Waals surface area contributed by atoms with E-state index >= 15 is 0 Å². The molecule has 0 aromatic heterocycles. The maximum Gasteiger partial charge on any atom is -0.0162 e. The summed E-state index contributed by atoms with van der Waals surface area (Å²) in [5.74, 6) is 2.06. The molecule has 3 unspecified atom stereocenters. The zero-order chi connectivity index (χ0) is 18.1. The molecule has 0 heterocycles. The number of hydrogen-bond donors (Lipinski definition) is 0. The highest BCUT2D eigenvalue weighted by Crippen LogP contribution is 2.33. The van der Waals surface area contributed by atoms with E-state index in [1.807, 2.05) is 0 Å². The summed E-state index contributed by atoms with van der Waals surface area (Å²) in [6.45, 7) is 9.23. The Hall–Kier alpha value is -1.56. The molecular formula is C25H36. The van der Waals surface area contributed by atoms with E-state index in [-0.39, 0.29) is 0 Å². The highest BCUT2D eigenvalue weighted by Gasteiger charge is 2.15. The molecule has 0 saturated heterocycles. The first kappa shape index (κ1) is 19.8. The first-order valence-electron chi connectivity index (χ1n) is 10.3. The molecule has 0 nitrogen and oxygen atoms in total. The lowest BCUT2D eigenvalue weighted by molar-refractivity contribution is 0.492. The Bertz CT molecular complexity index is 581. The summed E-state index contributed by atoms with van der Waals surface area (Å²) < 4.78 is 0. The fourth-order valence-corrected chi connectivity index (χ4v) is 3.89. The zero-order valence-electron chi connectivity index (χ0n) is 16.7. The van der Waals surface area contributed by atoms with Crippen molar-refractivity contribution < 1.29 is 0 Å². The van der Waals surface area contributed by atoms with Crippen LogP contribution in [0.1, 0.15) is 101 Å². The van der Waals surface area contributed by atoms with E-state index in [4.69, 9.17) is 0 Å². The molecule has 0 saturated carbocycles. The van der Waals surface area contributed by atoms with E-state index in [1.165, 1.54) is 55.2 Å². The summed E-state index contributed by atoms with van der Waals surface area (Å²) in [4.78, 5) is 0. The molecule has 0 heteroatoms. The molecule has 0 amide bonds. The average Bonchev–Trinajstić information content (AvgIpc) is 2.68. The lowest BCUT2D eigenvalue weighted by Crippen LogP contribution is -2.04. The Morgan fingerprint density at radius 3 is 1.72 bits per heavy atom. The van der Waals surface area contributed by atoms with Crippen molar-refractivity contribution in [2.24, 2.45) is 0 Å². The van der Waals surface area contributed by atoms with Gasteiger partial charge in [-0.25, -0.2) is 0 Å². The summed E-state index contributed by atoms with van der Waals surface area (Å²) in [6.07, 6.45) is 7.60. The quantitative estimate of drug-likeness (QED) is 0.411. The van der Waals surface area contributed by atoms with Crippen LogP contribution in [-0.4, -0.2) is 0 Å². The van der Waals surface area contributed by atoms with Gasteiger partial charge in [0.15, 0.2) is 0 Å². The summed E-state index contributed by atoms with van der Waals surface area (Å²) >= 11 is 0. The van der Waals surface area contributed by atoms with Crippen molar-refractivity contribution in [3.63, 3.8) is 0 Å². The van der Waals surface area contributed by atoms with Crippen molar-refractivity contribution in [1.29, 1.82) is 0 Å². The molecule has 3 atom stereocenters. The van der Waals surface area contributed by atoms with Gasteiger partial charge >= 0.3 is 0 Å². The zero-order valence-corrected chi connectivity index (χ0v) is 16.7. The van der Waals surface area contributed by atoms with Crippen molar-refractivity contribution >= 4 is 0 Å². The van der Waals surface area contributed by atoms with Crippen molar-refractivity contribution in [3.8, 4) is 0 Å². The van der Waals surface area contributed by atoms with Gasteiger partial charge in [-0.1, -0.05) is 88.7 Å². The molecule has 0 fully saturated rings. The van der Waals surface area contributed by atoms with Crippen molar-refractivity contribution in [2.45, 2.75) is 84.0 Å². The molecule has 0 aliphatic heterocycles. The molecule has 136 valence electrons. The monoisotopic (exact) mass is 336 g/mol. The lowest BCUT2D eigenvalue weighted by atomic mass is 9.83. The van der Waals surface area contributed by atoms with Gasteiger partial charge < -0.3 is 0 Å². The van der Waals surface area contributed by atoms with E-state index in [2.05, 4.69) is 82.3 Å². The standard InChI is InChI=1S/C25H36/c1-5-11-23(24-12-9-8-10-13-24)17-14-21(7-3)25-18-15-22(16-19-25)20(4)6-2/h8-10,12-13,15-16,18-21,23H,5-7,11,14,17H2,1-4H3. The molecular weight excluding hydrogens is 300 g/mol. The molecule has 0 aliphatic rings. The van der Waals surface area contributed by atoms with Gasteiger partial charge in [0.1, 0.15) is 0 Å². The molecule has 0 bridgehead atoms. The first-order valence-corrected chi connectivity index (χ1v) is 10.3. The maximum absolute atomic E-state index is 2.38. The van der Waals surface area contributed by atoms with Crippen LogP contribution in [0.2, 0.25) is 0 Å². The molecule has 0 radical (unpaired) electrons. The molecule has 0 aliphatic carbocycles. The third kappa shape index (κ3) is 5.73. The van der Waals surface area contributed by atoms with Crippen LogP contribution in [-0.2, 0) is 0 Å². The Kier molecular flexibility index (Phi) is 8.25. The minimum Gasteiger partial charge on any atom is -0.0654 e. The van der Waals surface area contributed by atoms with E-state index in [0.717, 1.165) is 0 Å². The molecule has 0 N–H and O–H groups in total. The van der Waals surface area contributed by atoms with Crippen LogP contribution >= 0.6 is 0 Å². The number of hydrogen-bond acceptors (Lipinski definition) is 0. The van der Waals surface area contributed by atoms with Gasteiger partial charge in [-0.15, -0.1) is 0 Å². The largest absolute Gasteiger partial charge is 0.0654 e. The van der Waals surface area contributed by atoms with E-state index < -0.39 is 0 Å². The number of rotatable bonds is 10. The van der Waals surface area contributed by atoms with Crippen LogP contribution in [0.15, 0.2) is 54.6 Å². The Morgan fingerprint density at radius 1 is 0.600 bits per heavy atom. The summed E-state index contributed by atoms with van der Waals surface area (Å²) in [6, 6.07) is 20.6. The van der Waals surface area contributed by atoms with Gasteiger partial charge in [-0.3, -0.25) is 0 Å². The summed E-state index contributed by atoms with van der Waals surface area (Å²) in [5, 5.41) is 0. The van der Waals surface area contributed by atoms with Gasteiger partial charge in [0.25, 0.3) is 0 Å². The minimum atomic E-state index is 0.668. The highest BCUT2D eigenvalue weighted by atomic mass is 14.2. The lowest BCUT2D eigenvalue weighted by Gasteiger charge is -2.22. The third-order valence-corrected chi connectivity index (χ3v) is 5.85. The second kappa shape index (κ2) is 10.4. The van der Waals surface area contributed by atoms with Crippen LogP contribution in [0.3, 0.4) is 0 Å². The van der Waals surface area contributed by atoms with Gasteiger partial charge in [0.2, 0.25) is 0 Å². The normalized spacial score (nSPS) is 14.9. The Morgan fingerprint density at radius 2 is 1.16 bits per heavy atom. The average molecular weight is 337 g/mol. The predicted molar refractivity (Wildman–Crippen MR) is 112 cm³/mol. The van der Waals surface area contributed by atoms with Gasteiger partial charge in [0.05, 0.1) is 0 Å². The number of benzene rings is 2. The Labute approximate surface area is 155 Å². The molecule has 25 heavy (non-hydrogen) atoms. The molecule has 2 aromatic rings. The third-order valence-electron chi connectivity index (χ3n) is 5.85. The van der Waals surface area contributed by atoms with Crippen molar-refractivity contribution in [3.05, 3.63) is 71.3 Å². The molecule has 2 aromatic carbocycles. The van der Waals surface area contributed by atoms with Crippen molar-refractivity contribution in [2.75, 3.05) is 0 Å². The van der Waals surface area contributed by atoms with E-state index in [1.54, 1.807) is 0 Å². The van der Waals surface area contributed by atoms with Crippen LogP contribution < -0.4 is 0 Å². The maximum atomic E-state index is 2.38. The highest BCUT2D eigenvalue weighted by molar-refractivity contribution is 5.27. The SMILES string of the molecule is CCCC(CCC(CC)c1ccc(C(C)CC)cc1)c1ccccc1. The van der Waals surface area contributed by atoms with Crippen LogP contribution in [0.4, 0.5) is 0 Å². The second-order valence-electron chi connectivity index (χ2n) is 7.55. The van der Waals surface area contributed by atoms with E-state index in [0.29, 0.717) is 17.8 Å². The fourth-order valence-electron chi connectivity index (χ4n) is 3.89. The van der Waals surface area contributed by atoms with Crippen molar-refractivity contribution in [1.82, 2.24) is 0 Å². The smallest absolute Gasteiger partial charge is 0.0162 e. The van der Waals surface area contributed by atoms with Crippen LogP contribution in [0.5, 0.6) is 0 Å². The summed E-state index contributed by atoms with van der Waals surface area (Å²) in [7, 11) is 0. The second-order valence-corrected chi connectivity index (χ2v) is 7.55. The summed E-state index contributed by atoms with van der Waals surface area (Å²) in [5.41, 5.74) is 4.53. The fraction of sp³-hybridized carbons (Fsp3) is 0.520. The molecule has 0 spiro atoms. The van der Waals surface area contributed by atoms with E-state index in [9.17, 15) is 0 Å². The van der Waals surface area contributed by atoms with Crippen LogP contribution in [0.25, 0.3) is 0 Å².